The molecule has 0 atom stereocenters. The molecule has 5 nitrogen and oxygen atoms in total. The van der Waals surface area contributed by atoms with Gasteiger partial charge in [0.2, 0.25) is 0 Å². The van der Waals surface area contributed by atoms with E-state index in [2.05, 4.69) is 15.3 Å². The molecule has 0 spiro atoms. The summed E-state index contributed by atoms with van der Waals surface area (Å²) >= 11 is 1.98. The maximum absolute atomic E-state index is 11.8. The number of anilines is 1. The summed E-state index contributed by atoms with van der Waals surface area (Å²) in [4.78, 5) is 19.5. The van der Waals surface area contributed by atoms with Crippen LogP contribution in [0.1, 0.15) is 23.3 Å². The smallest absolute Gasteiger partial charge is 0.271 e. The fourth-order valence-electron chi connectivity index (χ4n) is 1.77. The highest BCUT2D eigenvalue weighted by Gasteiger charge is 2.15. The minimum atomic E-state index is -0.192. The number of hydrogen-bond acceptors (Lipinski definition) is 5. The number of carbonyl (C=O) groups excluding carboxylic acids is 1. The van der Waals surface area contributed by atoms with Gasteiger partial charge >= 0.3 is 0 Å². The molecule has 6 heteroatoms. The van der Waals surface area contributed by atoms with Crippen LogP contribution in [0.15, 0.2) is 12.4 Å². The van der Waals surface area contributed by atoms with Crippen molar-refractivity contribution in [1.82, 2.24) is 15.3 Å². The van der Waals surface area contributed by atoms with Crippen LogP contribution in [0.4, 0.5) is 5.82 Å². The molecule has 0 saturated carbocycles. The van der Waals surface area contributed by atoms with Gasteiger partial charge in [-0.1, -0.05) is 0 Å². The molecule has 2 rings (SSSR count). The fourth-order valence-corrected chi connectivity index (χ4v) is 2.97. The van der Waals surface area contributed by atoms with Gasteiger partial charge in [0.25, 0.3) is 5.91 Å². The molecule has 92 valence electrons. The zero-order chi connectivity index (χ0) is 12.1. The number of nitrogens with zero attached hydrogens (tertiary/aromatic N) is 2. The molecule has 0 aromatic carbocycles. The summed E-state index contributed by atoms with van der Waals surface area (Å²) in [5.41, 5.74) is 5.77. The second-order valence-electron chi connectivity index (χ2n) is 4.09. The van der Waals surface area contributed by atoms with Gasteiger partial charge in [-0.25, -0.2) is 4.98 Å². The summed E-state index contributed by atoms with van der Waals surface area (Å²) in [6, 6.07) is 0. The third-order valence-electron chi connectivity index (χ3n) is 2.78. The van der Waals surface area contributed by atoms with E-state index in [-0.39, 0.29) is 17.4 Å². The summed E-state index contributed by atoms with van der Waals surface area (Å²) in [5.74, 6) is 3.06. The molecule has 3 N–H and O–H groups in total. The van der Waals surface area contributed by atoms with E-state index in [0.717, 1.165) is 6.54 Å². The van der Waals surface area contributed by atoms with Crippen molar-refractivity contribution in [1.29, 1.82) is 0 Å². The molecule has 1 aliphatic heterocycles. The van der Waals surface area contributed by atoms with Gasteiger partial charge in [0.1, 0.15) is 11.5 Å². The third-order valence-corrected chi connectivity index (χ3v) is 3.83. The normalized spacial score (nSPS) is 16.7. The van der Waals surface area contributed by atoms with Crippen molar-refractivity contribution < 1.29 is 4.79 Å². The van der Waals surface area contributed by atoms with Gasteiger partial charge < -0.3 is 11.1 Å². The van der Waals surface area contributed by atoms with Crippen LogP contribution >= 0.6 is 11.8 Å². The quantitative estimate of drug-likeness (QED) is 0.836. The fraction of sp³-hybridized carbons (Fsp3) is 0.545. The molecular formula is C11H16N4OS. The highest BCUT2D eigenvalue weighted by atomic mass is 32.2. The van der Waals surface area contributed by atoms with Gasteiger partial charge in [-0.3, -0.25) is 9.78 Å². The lowest BCUT2D eigenvalue weighted by Crippen LogP contribution is -2.31. The zero-order valence-corrected chi connectivity index (χ0v) is 10.4. The Balaban J connectivity index is 1.84. The van der Waals surface area contributed by atoms with E-state index < -0.39 is 0 Å². The number of nitrogens with two attached hydrogens (primary N) is 1. The van der Waals surface area contributed by atoms with E-state index in [9.17, 15) is 4.79 Å². The Bertz CT molecular complexity index is 393. The molecule has 0 unspecified atom stereocenters. The molecule has 1 aromatic rings. The average Bonchev–Trinajstić information content (AvgIpc) is 2.37. The number of aromatic nitrogens is 2. The lowest BCUT2D eigenvalue weighted by Gasteiger charge is -2.21. The SMILES string of the molecule is Nc1cncc(C(=O)NCC2CCSCC2)n1. The maximum Gasteiger partial charge on any atom is 0.271 e. The largest absolute Gasteiger partial charge is 0.382 e. The van der Waals surface area contributed by atoms with Crippen LogP contribution in [0.3, 0.4) is 0 Å². The molecule has 2 heterocycles. The van der Waals surface area contributed by atoms with Crippen molar-refractivity contribution in [3.05, 3.63) is 18.1 Å². The number of nitrogens with one attached hydrogen (secondary N) is 1. The van der Waals surface area contributed by atoms with Crippen LogP contribution < -0.4 is 11.1 Å². The second-order valence-corrected chi connectivity index (χ2v) is 5.32. The number of thioether (sulfide) groups is 1. The van der Waals surface area contributed by atoms with Crippen LogP contribution in [0.2, 0.25) is 0 Å². The third kappa shape index (κ3) is 3.59. The Morgan fingerprint density at radius 1 is 1.47 bits per heavy atom. The summed E-state index contributed by atoms with van der Waals surface area (Å²) in [6.07, 6.45) is 5.21. The number of hydrogen-bond donors (Lipinski definition) is 2. The van der Waals surface area contributed by atoms with Gasteiger partial charge in [0, 0.05) is 6.54 Å². The van der Waals surface area contributed by atoms with Crippen molar-refractivity contribution in [2.75, 3.05) is 23.8 Å². The first-order valence-electron chi connectivity index (χ1n) is 5.69. The molecule has 0 radical (unpaired) electrons. The molecule has 0 aliphatic carbocycles. The Morgan fingerprint density at radius 3 is 2.94 bits per heavy atom. The van der Waals surface area contributed by atoms with Gasteiger partial charge in [-0.15, -0.1) is 0 Å². The molecular weight excluding hydrogens is 236 g/mol. The number of amides is 1. The molecule has 17 heavy (non-hydrogen) atoms. The summed E-state index contributed by atoms with van der Waals surface area (Å²) in [7, 11) is 0. The van der Waals surface area contributed by atoms with E-state index in [1.54, 1.807) is 0 Å². The van der Waals surface area contributed by atoms with Crippen LogP contribution in [0, 0.1) is 5.92 Å². The average molecular weight is 252 g/mol. The topological polar surface area (TPSA) is 80.9 Å². The molecule has 1 saturated heterocycles. The summed E-state index contributed by atoms with van der Waals surface area (Å²) in [6.45, 7) is 0.718. The minimum Gasteiger partial charge on any atom is -0.382 e. The standard InChI is InChI=1S/C11H16N4OS/c12-10-7-13-6-9(15-10)11(16)14-5-8-1-3-17-4-2-8/h6-8H,1-5H2,(H2,12,15)(H,14,16). The van der Waals surface area contributed by atoms with Crippen LogP contribution in [0.25, 0.3) is 0 Å². The summed E-state index contributed by atoms with van der Waals surface area (Å²) < 4.78 is 0. The van der Waals surface area contributed by atoms with Gasteiger partial charge in [0.15, 0.2) is 0 Å². The minimum absolute atomic E-state index is 0.192. The Labute approximate surface area is 105 Å². The van der Waals surface area contributed by atoms with Crippen LogP contribution in [-0.4, -0.2) is 33.9 Å². The lowest BCUT2D eigenvalue weighted by atomic mass is 10.0. The predicted octanol–water partition coefficient (Wildman–Crippen LogP) is 0.932. The van der Waals surface area contributed by atoms with Crippen molar-refractivity contribution in [2.45, 2.75) is 12.8 Å². The summed E-state index contributed by atoms with van der Waals surface area (Å²) in [5, 5.41) is 2.89. The van der Waals surface area contributed by atoms with Crippen LogP contribution in [-0.2, 0) is 0 Å². The van der Waals surface area contributed by atoms with Gasteiger partial charge in [-0.05, 0) is 30.3 Å². The Kier molecular flexibility index (Phi) is 4.19. The maximum atomic E-state index is 11.8. The van der Waals surface area contributed by atoms with Crippen molar-refractivity contribution in [2.24, 2.45) is 5.92 Å². The van der Waals surface area contributed by atoms with Gasteiger partial charge in [0.05, 0.1) is 12.4 Å². The number of nitrogen functional groups attached to an aromatic ring is 1. The highest BCUT2D eigenvalue weighted by molar-refractivity contribution is 7.99. The van der Waals surface area contributed by atoms with Crippen molar-refractivity contribution in [3.63, 3.8) is 0 Å². The van der Waals surface area contributed by atoms with Gasteiger partial charge in [-0.2, -0.15) is 11.8 Å². The lowest BCUT2D eigenvalue weighted by molar-refractivity contribution is 0.0941. The van der Waals surface area contributed by atoms with E-state index in [1.807, 2.05) is 11.8 Å². The van der Waals surface area contributed by atoms with Crippen LogP contribution in [0.5, 0.6) is 0 Å². The monoisotopic (exact) mass is 252 g/mol. The van der Waals surface area contributed by atoms with E-state index in [1.165, 1.54) is 36.7 Å². The van der Waals surface area contributed by atoms with E-state index in [0.29, 0.717) is 5.92 Å². The van der Waals surface area contributed by atoms with E-state index in [4.69, 9.17) is 5.73 Å². The molecule has 1 aliphatic rings. The number of rotatable bonds is 3. The van der Waals surface area contributed by atoms with Crippen molar-refractivity contribution in [3.8, 4) is 0 Å². The number of carbonyl (C=O) groups is 1. The molecule has 0 bridgehead atoms. The predicted molar refractivity (Wildman–Crippen MR) is 68.8 cm³/mol. The zero-order valence-electron chi connectivity index (χ0n) is 9.56. The Morgan fingerprint density at radius 2 is 2.24 bits per heavy atom. The second kappa shape index (κ2) is 5.86. The molecule has 1 fully saturated rings. The molecule has 1 aromatic heterocycles. The highest BCUT2D eigenvalue weighted by Crippen LogP contribution is 2.21. The first-order valence-corrected chi connectivity index (χ1v) is 6.84. The van der Waals surface area contributed by atoms with Crippen molar-refractivity contribution >= 4 is 23.5 Å². The van der Waals surface area contributed by atoms with E-state index >= 15 is 0 Å². The molecule has 1 amide bonds. The first kappa shape index (κ1) is 12.2. The Hall–Kier alpha value is -1.30. The first-order chi connectivity index (χ1) is 8.25.